The minimum atomic E-state index is -0.804. The van der Waals surface area contributed by atoms with Crippen molar-refractivity contribution in [2.24, 2.45) is 0 Å². The molecule has 4 rings (SSSR count). The highest BCUT2D eigenvalue weighted by Gasteiger charge is 2.36. The summed E-state index contributed by atoms with van der Waals surface area (Å²) in [5.41, 5.74) is 1.88. The lowest BCUT2D eigenvalue weighted by atomic mass is 9.98. The number of ether oxygens (including phenoxy) is 3. The molecule has 1 fully saturated rings. The van der Waals surface area contributed by atoms with Gasteiger partial charge in [0.1, 0.15) is 24.5 Å². The molecule has 0 saturated carbocycles. The van der Waals surface area contributed by atoms with Gasteiger partial charge in [0.05, 0.1) is 12.3 Å². The number of rotatable bonds is 11. The van der Waals surface area contributed by atoms with Crippen LogP contribution in [0.4, 0.5) is 10.5 Å². The number of hydrogen-bond acceptors (Lipinski definition) is 6. The first kappa shape index (κ1) is 28.9. The molecule has 1 saturated heterocycles. The summed E-state index contributed by atoms with van der Waals surface area (Å²) in [6, 6.07) is 19.0. The van der Waals surface area contributed by atoms with E-state index in [4.69, 9.17) is 14.2 Å². The molecule has 0 radical (unpaired) electrons. The maximum Gasteiger partial charge on any atom is 0.335 e. The van der Waals surface area contributed by atoms with Crippen LogP contribution in [0, 0.1) is 0 Å². The van der Waals surface area contributed by atoms with Crippen molar-refractivity contribution in [1.82, 2.24) is 5.32 Å². The predicted molar refractivity (Wildman–Crippen MR) is 157 cm³/mol. The van der Waals surface area contributed by atoms with Gasteiger partial charge < -0.3 is 14.2 Å². The number of nitrogens with one attached hydrogen (secondary N) is 1. The Morgan fingerprint density at radius 2 is 1.57 bits per heavy atom. The zero-order valence-electron chi connectivity index (χ0n) is 22.6. The topological polar surface area (TPSA) is 94.2 Å². The standard InChI is InChI=1S/C31H31BrN2O6/c1-4-20(3)24-8-6-7-9-26(24)39-16-17-40-27-15-10-21(19-28(27)38-5-2)18-25-29(35)33-31(37)34(30(25)36)23-13-11-22(32)12-14-23/h6-15,18-20H,4-5,16-17H2,1-3H3,(H,33,35,37)/b25-18+. The first-order chi connectivity index (χ1) is 19.3. The number of anilines is 1. The van der Waals surface area contributed by atoms with Gasteiger partial charge in [0.15, 0.2) is 11.5 Å². The van der Waals surface area contributed by atoms with Crippen LogP contribution in [-0.2, 0) is 9.59 Å². The molecule has 3 aromatic rings. The Bertz CT molecular complexity index is 1420. The molecule has 1 N–H and O–H groups in total. The number of amides is 4. The molecule has 0 aliphatic carbocycles. The Morgan fingerprint density at radius 3 is 2.27 bits per heavy atom. The zero-order chi connectivity index (χ0) is 28.6. The van der Waals surface area contributed by atoms with Crippen LogP contribution in [0.2, 0.25) is 0 Å². The van der Waals surface area contributed by atoms with Crippen LogP contribution in [0.1, 0.15) is 44.2 Å². The van der Waals surface area contributed by atoms with Crippen LogP contribution in [0.5, 0.6) is 17.2 Å². The fourth-order valence-corrected chi connectivity index (χ4v) is 4.46. The van der Waals surface area contributed by atoms with E-state index in [1.807, 2.05) is 25.1 Å². The minimum absolute atomic E-state index is 0.174. The van der Waals surface area contributed by atoms with E-state index in [0.29, 0.717) is 48.5 Å². The number of barbiturate groups is 1. The highest BCUT2D eigenvalue weighted by atomic mass is 79.9. The number of carbonyl (C=O) groups is 3. The second-order valence-electron chi connectivity index (χ2n) is 9.12. The number of carbonyl (C=O) groups excluding carboxylic acids is 3. The number of para-hydroxylation sites is 1. The monoisotopic (exact) mass is 606 g/mol. The average molecular weight is 608 g/mol. The molecule has 3 aromatic carbocycles. The fourth-order valence-electron chi connectivity index (χ4n) is 4.19. The van der Waals surface area contributed by atoms with Gasteiger partial charge in [-0.1, -0.05) is 54.0 Å². The predicted octanol–water partition coefficient (Wildman–Crippen LogP) is 6.49. The number of halogens is 1. The Hall–Kier alpha value is -4.11. The maximum atomic E-state index is 13.2. The van der Waals surface area contributed by atoms with Crippen LogP contribution in [-0.4, -0.2) is 37.7 Å². The van der Waals surface area contributed by atoms with Crippen molar-refractivity contribution in [2.45, 2.75) is 33.1 Å². The van der Waals surface area contributed by atoms with Crippen LogP contribution >= 0.6 is 15.9 Å². The average Bonchev–Trinajstić information content (AvgIpc) is 2.95. The highest BCUT2D eigenvalue weighted by molar-refractivity contribution is 9.10. The Balaban J connectivity index is 1.48. The smallest absolute Gasteiger partial charge is 0.335 e. The van der Waals surface area contributed by atoms with Crippen LogP contribution in [0.3, 0.4) is 0 Å². The number of nitrogens with zero attached hydrogens (tertiary/aromatic N) is 1. The third-order valence-electron chi connectivity index (χ3n) is 6.43. The van der Waals surface area contributed by atoms with Crippen molar-refractivity contribution in [3.05, 3.63) is 87.9 Å². The summed E-state index contributed by atoms with van der Waals surface area (Å²) in [5, 5.41) is 2.23. The number of benzene rings is 3. The molecule has 208 valence electrons. The fraction of sp³-hybridized carbons (Fsp3) is 0.258. The van der Waals surface area contributed by atoms with Crippen molar-refractivity contribution in [3.8, 4) is 17.2 Å². The molecule has 1 atom stereocenters. The van der Waals surface area contributed by atoms with Crippen molar-refractivity contribution >= 4 is 45.5 Å². The van der Waals surface area contributed by atoms with Gasteiger partial charge in [0.25, 0.3) is 11.8 Å². The van der Waals surface area contributed by atoms with Gasteiger partial charge >= 0.3 is 6.03 Å². The van der Waals surface area contributed by atoms with Gasteiger partial charge in [-0.3, -0.25) is 14.9 Å². The number of urea groups is 1. The quantitative estimate of drug-likeness (QED) is 0.152. The molecule has 0 aromatic heterocycles. The van der Waals surface area contributed by atoms with Crippen molar-refractivity contribution in [1.29, 1.82) is 0 Å². The molecular formula is C31H31BrN2O6. The summed E-state index contributed by atoms with van der Waals surface area (Å²) in [6.07, 6.45) is 2.44. The number of hydrogen-bond donors (Lipinski definition) is 1. The van der Waals surface area contributed by atoms with Gasteiger partial charge in [-0.25, -0.2) is 9.69 Å². The molecule has 9 heteroatoms. The second kappa shape index (κ2) is 13.3. The molecule has 8 nitrogen and oxygen atoms in total. The van der Waals surface area contributed by atoms with E-state index in [0.717, 1.165) is 21.5 Å². The first-order valence-electron chi connectivity index (χ1n) is 13.1. The lowest BCUT2D eigenvalue weighted by Gasteiger charge is -2.26. The molecule has 40 heavy (non-hydrogen) atoms. The molecule has 1 heterocycles. The van der Waals surface area contributed by atoms with Gasteiger partial charge in [-0.2, -0.15) is 0 Å². The zero-order valence-corrected chi connectivity index (χ0v) is 24.2. The van der Waals surface area contributed by atoms with E-state index in [2.05, 4.69) is 41.2 Å². The molecule has 4 amide bonds. The molecule has 0 spiro atoms. The third kappa shape index (κ3) is 6.71. The molecular weight excluding hydrogens is 576 g/mol. The van der Waals surface area contributed by atoms with E-state index in [1.165, 1.54) is 11.6 Å². The number of imide groups is 2. The molecule has 1 unspecified atom stereocenters. The first-order valence-corrected chi connectivity index (χ1v) is 13.9. The van der Waals surface area contributed by atoms with E-state index < -0.39 is 17.8 Å². The normalized spacial score (nSPS) is 15.2. The van der Waals surface area contributed by atoms with Gasteiger partial charge in [0, 0.05) is 4.47 Å². The lowest BCUT2D eigenvalue weighted by Crippen LogP contribution is -2.54. The van der Waals surface area contributed by atoms with E-state index >= 15 is 0 Å². The summed E-state index contributed by atoms with van der Waals surface area (Å²) in [6.45, 7) is 7.20. The Kier molecular flexibility index (Phi) is 9.60. The molecule has 1 aliphatic heterocycles. The Morgan fingerprint density at radius 1 is 0.875 bits per heavy atom. The van der Waals surface area contributed by atoms with Crippen molar-refractivity contribution in [2.75, 3.05) is 24.7 Å². The van der Waals surface area contributed by atoms with Gasteiger partial charge in [-0.15, -0.1) is 0 Å². The summed E-state index contributed by atoms with van der Waals surface area (Å²) >= 11 is 3.33. The van der Waals surface area contributed by atoms with Crippen molar-refractivity contribution in [3.63, 3.8) is 0 Å². The lowest BCUT2D eigenvalue weighted by molar-refractivity contribution is -0.122. The molecule has 1 aliphatic rings. The van der Waals surface area contributed by atoms with E-state index in [-0.39, 0.29) is 5.57 Å². The van der Waals surface area contributed by atoms with Gasteiger partial charge in [-0.05, 0) is 78.9 Å². The minimum Gasteiger partial charge on any atom is -0.490 e. The van der Waals surface area contributed by atoms with Crippen molar-refractivity contribution < 1.29 is 28.6 Å². The SMILES string of the molecule is CCOc1cc(/C=C2\C(=O)NC(=O)N(c3ccc(Br)cc3)C2=O)ccc1OCCOc1ccccc1C(C)CC. The summed E-state index contributed by atoms with van der Waals surface area (Å²) < 4.78 is 18.5. The highest BCUT2D eigenvalue weighted by Crippen LogP contribution is 2.31. The summed E-state index contributed by atoms with van der Waals surface area (Å²) in [5.74, 6) is 0.719. The third-order valence-corrected chi connectivity index (χ3v) is 6.95. The molecule has 0 bridgehead atoms. The van der Waals surface area contributed by atoms with Crippen LogP contribution in [0.25, 0.3) is 6.08 Å². The maximum absolute atomic E-state index is 13.2. The van der Waals surface area contributed by atoms with E-state index in [9.17, 15) is 14.4 Å². The van der Waals surface area contributed by atoms with Crippen LogP contribution < -0.4 is 24.4 Å². The van der Waals surface area contributed by atoms with Gasteiger partial charge in [0.2, 0.25) is 0 Å². The largest absolute Gasteiger partial charge is 0.490 e. The van der Waals surface area contributed by atoms with E-state index in [1.54, 1.807) is 42.5 Å². The summed E-state index contributed by atoms with van der Waals surface area (Å²) in [7, 11) is 0. The summed E-state index contributed by atoms with van der Waals surface area (Å²) in [4.78, 5) is 39.1. The van der Waals surface area contributed by atoms with Crippen LogP contribution in [0.15, 0.2) is 76.8 Å². The Labute approximate surface area is 242 Å². The second-order valence-corrected chi connectivity index (χ2v) is 10.0.